The topological polar surface area (TPSA) is 38.0 Å². The molecule has 88 valence electrons. The molecule has 0 aromatic heterocycles. The van der Waals surface area contributed by atoms with Crippen LogP contribution in [0.1, 0.15) is 36.8 Å². The third-order valence-corrected chi connectivity index (χ3v) is 3.40. The summed E-state index contributed by atoms with van der Waals surface area (Å²) in [5.74, 6) is 0.725. The van der Waals surface area contributed by atoms with Gasteiger partial charge in [0, 0.05) is 12.6 Å². The number of nitrogens with one attached hydrogen (secondary N) is 1. The summed E-state index contributed by atoms with van der Waals surface area (Å²) in [7, 11) is 0. The van der Waals surface area contributed by atoms with Crippen LogP contribution in [0.5, 0.6) is 0 Å². The van der Waals surface area contributed by atoms with Crippen molar-refractivity contribution in [3.63, 3.8) is 0 Å². The van der Waals surface area contributed by atoms with Gasteiger partial charge >= 0.3 is 0 Å². The van der Waals surface area contributed by atoms with Crippen LogP contribution in [0.4, 0.5) is 0 Å². The molecule has 2 atom stereocenters. The van der Waals surface area contributed by atoms with Gasteiger partial charge in [-0.2, -0.15) is 0 Å². The van der Waals surface area contributed by atoms with E-state index in [1.165, 1.54) is 17.5 Å². The average Bonchev–Trinajstić information content (AvgIpc) is 2.80. The van der Waals surface area contributed by atoms with Gasteiger partial charge in [-0.1, -0.05) is 24.3 Å². The summed E-state index contributed by atoms with van der Waals surface area (Å²) in [6, 6.07) is 9.40. The van der Waals surface area contributed by atoms with Gasteiger partial charge in [-0.15, -0.1) is 0 Å². The van der Waals surface area contributed by atoms with Crippen LogP contribution in [-0.4, -0.2) is 19.1 Å². The molecule has 1 aliphatic heterocycles. The Hall–Kier alpha value is -0.860. The van der Waals surface area contributed by atoms with Crippen molar-refractivity contribution in [3.05, 3.63) is 35.4 Å². The highest BCUT2D eigenvalue weighted by molar-refractivity contribution is 5.26. The molecule has 2 unspecified atom stereocenters. The predicted molar refractivity (Wildman–Crippen MR) is 68.6 cm³/mol. The maximum Gasteiger partial charge on any atom is 0.00206 e. The molecule has 0 spiro atoms. The first-order chi connectivity index (χ1) is 7.75. The van der Waals surface area contributed by atoms with E-state index in [2.05, 4.69) is 36.5 Å². The van der Waals surface area contributed by atoms with Crippen molar-refractivity contribution in [3.8, 4) is 0 Å². The third-order valence-electron chi connectivity index (χ3n) is 3.40. The highest BCUT2D eigenvalue weighted by Gasteiger charge is 2.15. The summed E-state index contributed by atoms with van der Waals surface area (Å²) in [6.07, 6.45) is 3.45. The van der Waals surface area contributed by atoms with Crippen molar-refractivity contribution in [2.75, 3.05) is 13.1 Å². The van der Waals surface area contributed by atoms with Gasteiger partial charge in [0.25, 0.3) is 0 Å². The molecule has 3 N–H and O–H groups in total. The van der Waals surface area contributed by atoms with Crippen molar-refractivity contribution in [1.29, 1.82) is 0 Å². The lowest BCUT2D eigenvalue weighted by Crippen LogP contribution is -2.15. The van der Waals surface area contributed by atoms with Crippen LogP contribution < -0.4 is 11.1 Å². The Bertz CT molecular complexity index is 310. The van der Waals surface area contributed by atoms with Gasteiger partial charge in [0.2, 0.25) is 0 Å². The van der Waals surface area contributed by atoms with Gasteiger partial charge in [-0.05, 0) is 49.8 Å². The molecule has 0 saturated carbocycles. The minimum Gasteiger partial charge on any atom is -0.328 e. The van der Waals surface area contributed by atoms with E-state index in [1.54, 1.807) is 0 Å². The average molecular weight is 218 g/mol. The Morgan fingerprint density at radius 3 is 2.69 bits per heavy atom. The summed E-state index contributed by atoms with van der Waals surface area (Å²) in [6.45, 7) is 4.37. The van der Waals surface area contributed by atoms with Gasteiger partial charge < -0.3 is 11.1 Å². The molecule has 1 aromatic carbocycles. The number of hydrogen-bond acceptors (Lipinski definition) is 2. The lowest BCUT2D eigenvalue weighted by atomic mass is 9.96. The van der Waals surface area contributed by atoms with Crippen LogP contribution in [0.2, 0.25) is 0 Å². The molecule has 1 aliphatic rings. The molecule has 0 aliphatic carbocycles. The molecule has 0 bridgehead atoms. The summed E-state index contributed by atoms with van der Waals surface area (Å²) in [5.41, 5.74) is 8.65. The number of nitrogens with two attached hydrogens (primary N) is 1. The van der Waals surface area contributed by atoms with Crippen LogP contribution in [-0.2, 0) is 6.42 Å². The molecule has 2 heteroatoms. The van der Waals surface area contributed by atoms with E-state index in [1.807, 2.05) is 0 Å². The van der Waals surface area contributed by atoms with Crippen LogP contribution in [0.25, 0.3) is 0 Å². The second kappa shape index (κ2) is 5.46. The fourth-order valence-corrected chi connectivity index (χ4v) is 2.29. The SMILES string of the molecule is CC(N)CCc1ccc(C2CCNC2)cc1. The molecule has 2 nitrogen and oxygen atoms in total. The Morgan fingerprint density at radius 2 is 2.12 bits per heavy atom. The van der Waals surface area contributed by atoms with Crippen molar-refractivity contribution >= 4 is 0 Å². The summed E-state index contributed by atoms with van der Waals surface area (Å²) >= 11 is 0. The smallest absolute Gasteiger partial charge is 0.00206 e. The second-order valence-corrected chi connectivity index (χ2v) is 4.95. The standard InChI is InChI=1S/C14H22N2/c1-11(15)2-3-12-4-6-13(7-5-12)14-8-9-16-10-14/h4-7,11,14,16H,2-3,8-10,15H2,1H3. The predicted octanol–water partition coefficient (Wildman–Crippen LogP) is 2.04. The van der Waals surface area contributed by atoms with Gasteiger partial charge in [-0.3, -0.25) is 0 Å². The molecule has 1 saturated heterocycles. The van der Waals surface area contributed by atoms with Gasteiger partial charge in [0.1, 0.15) is 0 Å². The highest BCUT2D eigenvalue weighted by Crippen LogP contribution is 2.22. The number of rotatable bonds is 4. The molecule has 1 fully saturated rings. The van der Waals surface area contributed by atoms with E-state index >= 15 is 0 Å². The Kier molecular flexibility index (Phi) is 3.97. The van der Waals surface area contributed by atoms with Gasteiger partial charge in [0.05, 0.1) is 0 Å². The van der Waals surface area contributed by atoms with Crippen LogP contribution in [0, 0.1) is 0 Å². The largest absolute Gasteiger partial charge is 0.328 e. The second-order valence-electron chi connectivity index (χ2n) is 4.95. The fourth-order valence-electron chi connectivity index (χ4n) is 2.29. The number of benzene rings is 1. The van der Waals surface area contributed by atoms with Crippen molar-refractivity contribution in [1.82, 2.24) is 5.32 Å². The van der Waals surface area contributed by atoms with E-state index < -0.39 is 0 Å². The molecule has 16 heavy (non-hydrogen) atoms. The zero-order valence-corrected chi connectivity index (χ0v) is 10.1. The normalized spacial score (nSPS) is 22.2. The highest BCUT2D eigenvalue weighted by atomic mass is 14.9. The van der Waals surface area contributed by atoms with Crippen LogP contribution in [0.3, 0.4) is 0 Å². The molecule has 0 radical (unpaired) electrons. The summed E-state index contributed by atoms with van der Waals surface area (Å²) in [4.78, 5) is 0. The first-order valence-electron chi connectivity index (χ1n) is 6.31. The lowest BCUT2D eigenvalue weighted by Gasteiger charge is -2.10. The maximum absolute atomic E-state index is 5.76. The van der Waals surface area contributed by atoms with E-state index in [4.69, 9.17) is 5.73 Å². The zero-order chi connectivity index (χ0) is 11.4. The Labute approximate surface area is 98.2 Å². The van der Waals surface area contributed by atoms with Crippen LogP contribution >= 0.6 is 0 Å². The van der Waals surface area contributed by atoms with Crippen molar-refractivity contribution in [2.45, 2.75) is 38.1 Å². The number of hydrogen-bond donors (Lipinski definition) is 2. The van der Waals surface area contributed by atoms with Gasteiger partial charge in [0.15, 0.2) is 0 Å². The van der Waals surface area contributed by atoms with E-state index in [9.17, 15) is 0 Å². The molecule has 1 aromatic rings. The van der Waals surface area contributed by atoms with E-state index in [0.717, 1.165) is 31.8 Å². The minimum atomic E-state index is 0.304. The first kappa shape index (κ1) is 11.6. The number of aryl methyl sites for hydroxylation is 1. The van der Waals surface area contributed by atoms with Crippen molar-refractivity contribution in [2.24, 2.45) is 5.73 Å². The quantitative estimate of drug-likeness (QED) is 0.811. The lowest BCUT2D eigenvalue weighted by molar-refractivity contribution is 0.665. The molecule has 1 heterocycles. The van der Waals surface area contributed by atoms with E-state index in [-0.39, 0.29) is 0 Å². The molecule has 0 amide bonds. The van der Waals surface area contributed by atoms with Crippen molar-refractivity contribution < 1.29 is 0 Å². The zero-order valence-electron chi connectivity index (χ0n) is 10.1. The Morgan fingerprint density at radius 1 is 1.38 bits per heavy atom. The molecular formula is C14H22N2. The third kappa shape index (κ3) is 3.06. The maximum atomic E-state index is 5.76. The Balaban J connectivity index is 1.93. The molecular weight excluding hydrogens is 196 g/mol. The molecule has 2 rings (SSSR count). The van der Waals surface area contributed by atoms with Gasteiger partial charge in [-0.25, -0.2) is 0 Å². The minimum absolute atomic E-state index is 0.304. The first-order valence-corrected chi connectivity index (χ1v) is 6.31. The fraction of sp³-hybridized carbons (Fsp3) is 0.571. The summed E-state index contributed by atoms with van der Waals surface area (Å²) < 4.78 is 0. The van der Waals surface area contributed by atoms with Crippen LogP contribution in [0.15, 0.2) is 24.3 Å². The monoisotopic (exact) mass is 218 g/mol. The van der Waals surface area contributed by atoms with E-state index in [0.29, 0.717) is 6.04 Å². The summed E-state index contributed by atoms with van der Waals surface area (Å²) in [5, 5.41) is 3.41.